The molecule has 0 aliphatic carbocycles. The molecule has 2 unspecified atom stereocenters. The van der Waals surface area contributed by atoms with Gasteiger partial charge in [0.15, 0.2) is 0 Å². The number of halogens is 2. The van der Waals surface area contributed by atoms with Crippen molar-refractivity contribution in [2.24, 2.45) is 0 Å². The molecule has 0 spiro atoms. The Balaban J connectivity index is 2.24. The number of nitrogens with one attached hydrogen (secondary N) is 1. The second-order valence-corrected chi connectivity index (χ2v) is 6.38. The van der Waals surface area contributed by atoms with Crippen LogP contribution in [0.5, 0.6) is 0 Å². The molecule has 1 aromatic carbocycles. The van der Waals surface area contributed by atoms with Gasteiger partial charge in [-0.15, -0.1) is 0 Å². The second kappa shape index (κ2) is 6.96. The lowest BCUT2D eigenvalue weighted by Gasteiger charge is -2.42. The smallest absolute Gasteiger partial charge is 0.0595 e. The highest BCUT2D eigenvalue weighted by atomic mass is 79.9. The van der Waals surface area contributed by atoms with Crippen LogP contribution in [0.1, 0.15) is 33.1 Å². The van der Waals surface area contributed by atoms with Crippen LogP contribution in [0.4, 0.5) is 5.69 Å². The third-order valence-corrected chi connectivity index (χ3v) is 5.23. The van der Waals surface area contributed by atoms with E-state index < -0.39 is 0 Å². The zero-order valence-corrected chi connectivity index (χ0v) is 14.0. The van der Waals surface area contributed by atoms with E-state index in [1.165, 1.54) is 18.5 Å². The minimum atomic E-state index is 0.544. The predicted octanol–water partition coefficient (Wildman–Crippen LogP) is 4.46. The molecule has 0 aromatic heterocycles. The largest absolute Gasteiger partial charge is 0.365 e. The number of benzene rings is 1. The molecule has 0 amide bonds. The third kappa shape index (κ3) is 3.45. The first-order valence-electron chi connectivity index (χ1n) is 7.11. The Morgan fingerprint density at radius 2 is 2.21 bits per heavy atom. The van der Waals surface area contributed by atoms with Crippen LogP contribution < -0.4 is 10.2 Å². The molecule has 1 N–H and O–H groups in total. The number of hydrogen-bond donors (Lipinski definition) is 1. The van der Waals surface area contributed by atoms with Gasteiger partial charge in [0.1, 0.15) is 0 Å². The molecule has 1 aliphatic heterocycles. The normalized spacial score (nSPS) is 23.7. The molecule has 1 aromatic rings. The Bertz CT molecular complexity index is 425. The van der Waals surface area contributed by atoms with E-state index in [1.54, 1.807) is 0 Å². The van der Waals surface area contributed by atoms with Crippen LogP contribution in [-0.2, 0) is 0 Å². The Labute approximate surface area is 129 Å². The molecule has 0 bridgehead atoms. The van der Waals surface area contributed by atoms with Crippen LogP contribution >= 0.6 is 27.5 Å². The van der Waals surface area contributed by atoms with Gasteiger partial charge >= 0.3 is 0 Å². The van der Waals surface area contributed by atoms with Gasteiger partial charge in [-0.1, -0.05) is 37.9 Å². The zero-order valence-electron chi connectivity index (χ0n) is 11.6. The van der Waals surface area contributed by atoms with Gasteiger partial charge in [-0.2, -0.15) is 0 Å². The molecule has 4 heteroatoms. The minimum absolute atomic E-state index is 0.544. The van der Waals surface area contributed by atoms with Crippen molar-refractivity contribution in [1.82, 2.24) is 5.32 Å². The van der Waals surface area contributed by atoms with Gasteiger partial charge in [0.25, 0.3) is 0 Å². The summed E-state index contributed by atoms with van der Waals surface area (Å²) in [6.45, 7) is 6.61. The van der Waals surface area contributed by atoms with Crippen molar-refractivity contribution in [2.75, 3.05) is 18.0 Å². The monoisotopic (exact) mass is 344 g/mol. The van der Waals surface area contributed by atoms with E-state index in [0.717, 1.165) is 29.0 Å². The summed E-state index contributed by atoms with van der Waals surface area (Å²) in [5.41, 5.74) is 1.22. The third-order valence-electron chi connectivity index (χ3n) is 3.85. The average Bonchev–Trinajstić information content (AvgIpc) is 2.42. The van der Waals surface area contributed by atoms with Crippen LogP contribution in [0.2, 0.25) is 5.02 Å². The summed E-state index contributed by atoms with van der Waals surface area (Å²) < 4.78 is 1.02. The van der Waals surface area contributed by atoms with E-state index in [0.29, 0.717) is 12.1 Å². The van der Waals surface area contributed by atoms with Crippen LogP contribution in [0, 0.1) is 0 Å². The van der Waals surface area contributed by atoms with Crippen molar-refractivity contribution in [3.05, 3.63) is 27.7 Å². The maximum Gasteiger partial charge on any atom is 0.0595 e. The number of anilines is 1. The molecule has 0 radical (unpaired) electrons. The Hall–Kier alpha value is -0.250. The van der Waals surface area contributed by atoms with Gasteiger partial charge in [-0.3, -0.25) is 0 Å². The van der Waals surface area contributed by atoms with E-state index in [2.05, 4.69) is 46.1 Å². The molecule has 2 nitrogen and oxygen atoms in total. The fourth-order valence-electron chi connectivity index (χ4n) is 2.78. The topological polar surface area (TPSA) is 15.3 Å². The second-order valence-electron chi connectivity index (χ2n) is 5.18. The van der Waals surface area contributed by atoms with Gasteiger partial charge in [0.05, 0.1) is 15.2 Å². The molecule has 2 atom stereocenters. The van der Waals surface area contributed by atoms with E-state index in [4.69, 9.17) is 11.6 Å². The van der Waals surface area contributed by atoms with Gasteiger partial charge in [-0.05, 0) is 40.9 Å². The summed E-state index contributed by atoms with van der Waals surface area (Å²) >= 11 is 9.87. The summed E-state index contributed by atoms with van der Waals surface area (Å²) in [6, 6.07) is 7.25. The van der Waals surface area contributed by atoms with Gasteiger partial charge < -0.3 is 10.2 Å². The fraction of sp³-hybridized carbons (Fsp3) is 0.600. The summed E-state index contributed by atoms with van der Waals surface area (Å²) in [5, 5.41) is 4.45. The zero-order chi connectivity index (χ0) is 13.8. The molecule has 106 valence electrons. The highest BCUT2D eigenvalue weighted by molar-refractivity contribution is 9.10. The summed E-state index contributed by atoms with van der Waals surface area (Å²) in [5.74, 6) is 0. The first-order chi connectivity index (χ1) is 9.17. The number of piperazine rings is 1. The standard InChI is InChI=1S/C15H22BrClN2/c1-3-6-11-10-19(12(4-2)9-18-11)14-8-5-7-13(17)15(14)16/h5,7-8,11-12,18H,3-4,6,9-10H2,1-2H3. The molecular formula is C15H22BrClN2. The Kier molecular flexibility index (Phi) is 5.55. The minimum Gasteiger partial charge on any atom is -0.365 e. The molecule has 0 saturated carbocycles. The number of rotatable bonds is 4. The van der Waals surface area contributed by atoms with E-state index in [-0.39, 0.29) is 0 Å². The lowest BCUT2D eigenvalue weighted by molar-refractivity contribution is 0.369. The first kappa shape index (κ1) is 15.1. The van der Waals surface area contributed by atoms with Gasteiger partial charge in [0.2, 0.25) is 0 Å². The lowest BCUT2D eigenvalue weighted by Crippen LogP contribution is -2.56. The molecule has 1 aliphatic rings. The Morgan fingerprint density at radius 3 is 2.89 bits per heavy atom. The summed E-state index contributed by atoms with van der Waals surface area (Å²) in [6.07, 6.45) is 3.59. The molecular weight excluding hydrogens is 324 g/mol. The molecule has 1 saturated heterocycles. The van der Waals surface area contributed by atoms with Crippen LogP contribution in [-0.4, -0.2) is 25.2 Å². The molecule has 19 heavy (non-hydrogen) atoms. The summed E-state index contributed by atoms with van der Waals surface area (Å²) in [4.78, 5) is 2.51. The quantitative estimate of drug-likeness (QED) is 0.866. The highest BCUT2D eigenvalue weighted by Gasteiger charge is 2.27. The molecule has 1 fully saturated rings. The van der Waals surface area contributed by atoms with Crippen molar-refractivity contribution >= 4 is 33.2 Å². The van der Waals surface area contributed by atoms with E-state index in [1.807, 2.05) is 12.1 Å². The van der Waals surface area contributed by atoms with Crippen LogP contribution in [0.3, 0.4) is 0 Å². The van der Waals surface area contributed by atoms with Gasteiger partial charge in [0, 0.05) is 25.2 Å². The van der Waals surface area contributed by atoms with Crippen LogP contribution in [0.15, 0.2) is 22.7 Å². The van der Waals surface area contributed by atoms with Crippen molar-refractivity contribution in [1.29, 1.82) is 0 Å². The fourth-order valence-corrected chi connectivity index (χ4v) is 3.44. The first-order valence-corrected chi connectivity index (χ1v) is 8.28. The van der Waals surface area contributed by atoms with E-state index in [9.17, 15) is 0 Å². The predicted molar refractivity (Wildman–Crippen MR) is 87.3 cm³/mol. The molecule has 1 heterocycles. The van der Waals surface area contributed by atoms with Crippen molar-refractivity contribution in [3.63, 3.8) is 0 Å². The average molecular weight is 346 g/mol. The lowest BCUT2D eigenvalue weighted by atomic mass is 10.0. The van der Waals surface area contributed by atoms with E-state index >= 15 is 0 Å². The summed E-state index contributed by atoms with van der Waals surface area (Å²) in [7, 11) is 0. The van der Waals surface area contributed by atoms with Crippen LogP contribution in [0.25, 0.3) is 0 Å². The van der Waals surface area contributed by atoms with Crippen molar-refractivity contribution < 1.29 is 0 Å². The maximum absolute atomic E-state index is 6.23. The SMILES string of the molecule is CCCC1CN(c2cccc(Cl)c2Br)C(CC)CN1. The number of nitrogens with zero attached hydrogens (tertiary/aromatic N) is 1. The Morgan fingerprint density at radius 1 is 1.42 bits per heavy atom. The maximum atomic E-state index is 6.23. The van der Waals surface area contributed by atoms with Gasteiger partial charge in [-0.25, -0.2) is 0 Å². The highest BCUT2D eigenvalue weighted by Crippen LogP contribution is 2.35. The number of hydrogen-bond acceptors (Lipinski definition) is 2. The van der Waals surface area contributed by atoms with Crippen molar-refractivity contribution in [2.45, 2.75) is 45.2 Å². The molecule has 2 rings (SSSR count). The van der Waals surface area contributed by atoms with Crippen molar-refractivity contribution in [3.8, 4) is 0 Å².